The third-order valence-corrected chi connectivity index (χ3v) is 4.52. The number of carboxylic acids is 1. The molecule has 1 aliphatic carbocycles. The minimum atomic E-state index is -5.08. The minimum Gasteiger partial charge on any atom is -0.483 e. The van der Waals surface area contributed by atoms with Gasteiger partial charge < -0.3 is 20.9 Å². The number of rotatable bonds is 6. The summed E-state index contributed by atoms with van der Waals surface area (Å²) in [5, 5.41) is 12.4. The third kappa shape index (κ3) is 7.10. The smallest absolute Gasteiger partial charge is 0.483 e. The summed E-state index contributed by atoms with van der Waals surface area (Å²) in [7, 11) is 0. The predicted molar refractivity (Wildman–Crippen MR) is 102 cm³/mol. The van der Waals surface area contributed by atoms with Crippen molar-refractivity contribution in [1.29, 1.82) is 0 Å². The summed E-state index contributed by atoms with van der Waals surface area (Å²) in [6, 6.07) is 11.3. The second-order valence-corrected chi connectivity index (χ2v) is 6.90. The summed E-state index contributed by atoms with van der Waals surface area (Å²) in [4.78, 5) is 20.7. The number of halogens is 4. The number of hydrogen-bond donors (Lipinski definition) is 3. The molecule has 0 spiro atoms. The lowest BCUT2D eigenvalue weighted by Crippen LogP contribution is -2.40. The molecule has 2 aromatic rings. The zero-order valence-corrected chi connectivity index (χ0v) is 16.0. The van der Waals surface area contributed by atoms with Gasteiger partial charge in [0.05, 0.1) is 0 Å². The van der Waals surface area contributed by atoms with Crippen LogP contribution in [0.2, 0.25) is 5.02 Å². The molecule has 0 heterocycles. The van der Waals surface area contributed by atoms with E-state index in [9.17, 15) is 18.0 Å². The van der Waals surface area contributed by atoms with Crippen LogP contribution in [0.3, 0.4) is 0 Å². The van der Waals surface area contributed by atoms with Crippen LogP contribution in [0.4, 0.5) is 13.2 Å². The first kappa shape index (κ1) is 22.8. The van der Waals surface area contributed by atoms with E-state index in [0.29, 0.717) is 23.2 Å². The van der Waals surface area contributed by atoms with Gasteiger partial charge in [-0.3, -0.25) is 4.79 Å². The van der Waals surface area contributed by atoms with Gasteiger partial charge in [-0.1, -0.05) is 35.9 Å². The summed E-state index contributed by atoms with van der Waals surface area (Å²) >= 11 is 6.16. The zero-order chi connectivity index (χ0) is 21.6. The van der Waals surface area contributed by atoms with Crippen molar-refractivity contribution in [3.05, 3.63) is 41.4 Å². The summed E-state index contributed by atoms with van der Waals surface area (Å²) in [6.45, 7) is 0.483. The average molecular weight is 433 g/mol. The highest BCUT2D eigenvalue weighted by atomic mass is 35.5. The van der Waals surface area contributed by atoms with E-state index in [0.717, 1.165) is 10.8 Å². The maximum absolute atomic E-state index is 11.8. The first-order chi connectivity index (χ1) is 13.6. The van der Waals surface area contributed by atoms with Gasteiger partial charge in [0.15, 0.2) is 6.61 Å². The number of fused-ring (bicyclic) bond motifs is 1. The van der Waals surface area contributed by atoms with Crippen LogP contribution in [-0.4, -0.2) is 42.4 Å². The Morgan fingerprint density at radius 2 is 1.79 bits per heavy atom. The Kier molecular flexibility index (Phi) is 7.69. The van der Waals surface area contributed by atoms with E-state index < -0.39 is 12.1 Å². The lowest BCUT2D eigenvalue weighted by molar-refractivity contribution is -0.192. The van der Waals surface area contributed by atoms with Gasteiger partial charge in [-0.25, -0.2) is 4.79 Å². The third-order valence-electron chi connectivity index (χ3n) is 4.19. The monoisotopic (exact) mass is 432 g/mol. The Labute approximate surface area is 169 Å². The number of aliphatic carboxylic acids is 1. The van der Waals surface area contributed by atoms with Crippen molar-refractivity contribution in [3.8, 4) is 5.75 Å². The average Bonchev–Trinajstić information content (AvgIpc) is 3.51. The standard InChI is InChI=1S/C17H19ClN2O2.C2HF3O2/c18-14-7-8-16(13-4-2-1-3-12(13)14)22-10-17(21)20-9-15(19)11-5-6-11;3-2(4,5)1(6)7/h1-4,7-8,11,15H,5-6,9-10,19H2,(H,20,21);(H,6,7). The largest absolute Gasteiger partial charge is 0.490 e. The van der Waals surface area contributed by atoms with Gasteiger partial charge in [0, 0.05) is 28.4 Å². The normalized spacial score (nSPS) is 14.5. The molecule has 1 atom stereocenters. The van der Waals surface area contributed by atoms with E-state index >= 15 is 0 Å². The molecular formula is C19H20ClF3N2O4. The van der Waals surface area contributed by atoms with Crippen LogP contribution in [0, 0.1) is 5.92 Å². The predicted octanol–water partition coefficient (Wildman–Crippen LogP) is 3.36. The van der Waals surface area contributed by atoms with Gasteiger partial charge in [-0.2, -0.15) is 13.2 Å². The zero-order valence-electron chi connectivity index (χ0n) is 15.2. The van der Waals surface area contributed by atoms with E-state index in [1.807, 2.05) is 24.3 Å². The fourth-order valence-corrected chi connectivity index (χ4v) is 2.71. The molecule has 0 bridgehead atoms. The van der Waals surface area contributed by atoms with Gasteiger partial charge >= 0.3 is 12.1 Å². The van der Waals surface area contributed by atoms with Crippen molar-refractivity contribution in [3.63, 3.8) is 0 Å². The molecule has 158 valence electrons. The maximum atomic E-state index is 11.8. The van der Waals surface area contributed by atoms with Crippen LogP contribution >= 0.6 is 11.6 Å². The van der Waals surface area contributed by atoms with E-state index in [1.54, 1.807) is 12.1 Å². The molecule has 2 aromatic carbocycles. The Morgan fingerprint density at radius 1 is 1.21 bits per heavy atom. The number of carbonyl (C=O) groups is 2. The number of carboxylic acid groups (broad SMARTS) is 1. The minimum absolute atomic E-state index is 0.0248. The van der Waals surface area contributed by atoms with Crippen molar-refractivity contribution < 1.29 is 32.6 Å². The molecular weight excluding hydrogens is 413 g/mol. The van der Waals surface area contributed by atoms with E-state index in [-0.39, 0.29) is 18.6 Å². The molecule has 3 rings (SSSR count). The van der Waals surface area contributed by atoms with Crippen molar-refractivity contribution in [2.24, 2.45) is 11.7 Å². The number of nitrogens with one attached hydrogen (secondary N) is 1. The van der Waals surface area contributed by atoms with E-state index in [4.69, 9.17) is 32.0 Å². The summed E-state index contributed by atoms with van der Waals surface area (Å²) in [5.41, 5.74) is 5.96. The Balaban J connectivity index is 0.000000370. The number of alkyl halides is 3. The molecule has 0 saturated heterocycles. The molecule has 29 heavy (non-hydrogen) atoms. The maximum Gasteiger partial charge on any atom is 0.490 e. The molecule has 1 saturated carbocycles. The van der Waals surface area contributed by atoms with Gasteiger partial charge in [-0.15, -0.1) is 0 Å². The Morgan fingerprint density at radius 3 is 2.34 bits per heavy atom. The van der Waals surface area contributed by atoms with Crippen LogP contribution in [0.1, 0.15) is 12.8 Å². The van der Waals surface area contributed by atoms with Crippen LogP contribution in [0.5, 0.6) is 5.75 Å². The second-order valence-electron chi connectivity index (χ2n) is 6.49. The molecule has 10 heteroatoms. The SMILES string of the molecule is NC(CNC(=O)COc1ccc(Cl)c2ccccc12)C1CC1.O=C(O)C(F)(F)F. The molecule has 6 nitrogen and oxygen atoms in total. The summed E-state index contributed by atoms with van der Waals surface area (Å²) in [5.74, 6) is -1.69. The van der Waals surface area contributed by atoms with Crippen molar-refractivity contribution >= 4 is 34.2 Å². The first-order valence-corrected chi connectivity index (χ1v) is 9.10. The van der Waals surface area contributed by atoms with Crippen LogP contribution in [0.15, 0.2) is 36.4 Å². The molecule has 1 aliphatic rings. The van der Waals surface area contributed by atoms with Crippen molar-refractivity contribution in [1.82, 2.24) is 5.32 Å². The molecule has 4 N–H and O–H groups in total. The van der Waals surface area contributed by atoms with Gasteiger partial charge in [0.25, 0.3) is 5.91 Å². The highest BCUT2D eigenvalue weighted by Crippen LogP contribution is 2.32. The molecule has 1 unspecified atom stereocenters. The first-order valence-electron chi connectivity index (χ1n) is 8.72. The molecule has 0 radical (unpaired) electrons. The Bertz CT molecular complexity index is 872. The van der Waals surface area contributed by atoms with Gasteiger partial charge in [0.2, 0.25) is 0 Å². The van der Waals surface area contributed by atoms with Crippen LogP contribution < -0.4 is 15.8 Å². The summed E-state index contributed by atoms with van der Waals surface area (Å²) < 4.78 is 37.4. The fourth-order valence-electron chi connectivity index (χ4n) is 2.48. The molecule has 0 aromatic heterocycles. The topological polar surface area (TPSA) is 102 Å². The van der Waals surface area contributed by atoms with Crippen LogP contribution in [-0.2, 0) is 9.59 Å². The number of benzene rings is 2. The quantitative estimate of drug-likeness (QED) is 0.649. The molecule has 1 fully saturated rings. The Hall–Kier alpha value is -2.52. The number of ether oxygens (including phenoxy) is 1. The van der Waals surface area contributed by atoms with Crippen molar-refractivity contribution in [2.45, 2.75) is 25.1 Å². The summed E-state index contributed by atoms with van der Waals surface area (Å²) in [6.07, 6.45) is -2.74. The number of carbonyl (C=O) groups excluding carboxylic acids is 1. The number of amides is 1. The van der Waals surface area contributed by atoms with Gasteiger partial charge in [0.1, 0.15) is 5.75 Å². The number of hydrogen-bond acceptors (Lipinski definition) is 4. The fraction of sp³-hybridized carbons (Fsp3) is 0.368. The highest BCUT2D eigenvalue weighted by Gasteiger charge is 2.38. The molecule has 0 aliphatic heterocycles. The number of nitrogens with two attached hydrogens (primary N) is 1. The van der Waals surface area contributed by atoms with Crippen LogP contribution in [0.25, 0.3) is 10.8 Å². The van der Waals surface area contributed by atoms with Gasteiger partial charge in [-0.05, 0) is 30.9 Å². The van der Waals surface area contributed by atoms with E-state index in [1.165, 1.54) is 12.8 Å². The second kappa shape index (κ2) is 9.80. The van der Waals surface area contributed by atoms with Crippen molar-refractivity contribution in [2.75, 3.05) is 13.2 Å². The lowest BCUT2D eigenvalue weighted by Gasteiger charge is -2.13. The highest BCUT2D eigenvalue weighted by molar-refractivity contribution is 6.35. The lowest BCUT2D eigenvalue weighted by atomic mass is 10.1. The molecule has 1 amide bonds. The van der Waals surface area contributed by atoms with E-state index in [2.05, 4.69) is 5.32 Å².